The smallest absolute Gasteiger partial charge is 0.193 e. The van der Waals surface area contributed by atoms with E-state index in [2.05, 4.69) is 48.7 Å². The molecule has 0 aliphatic carbocycles. The van der Waals surface area contributed by atoms with Gasteiger partial charge in [0.2, 0.25) is 0 Å². The van der Waals surface area contributed by atoms with E-state index in [9.17, 15) is 0 Å². The van der Waals surface area contributed by atoms with Gasteiger partial charge in [-0.15, -0.1) is 11.3 Å². The molecule has 0 radical (unpaired) electrons. The molecule has 1 spiro atoms. The third-order valence-electron chi connectivity index (χ3n) is 6.43. The molecule has 0 saturated carbocycles. The Labute approximate surface area is 153 Å². The third kappa shape index (κ3) is 2.19. The van der Waals surface area contributed by atoms with Gasteiger partial charge < -0.3 is 15.4 Å². The van der Waals surface area contributed by atoms with Crippen molar-refractivity contribution in [1.82, 2.24) is 4.90 Å². The summed E-state index contributed by atoms with van der Waals surface area (Å²) in [6.45, 7) is 3.84. The van der Waals surface area contributed by atoms with Gasteiger partial charge in [0.05, 0.1) is 13.6 Å². The number of allylic oxidation sites excluding steroid dienone is 1. The van der Waals surface area contributed by atoms with Crippen LogP contribution < -0.4 is 5.73 Å². The third-order valence-corrected chi connectivity index (χ3v) is 7.39. The summed E-state index contributed by atoms with van der Waals surface area (Å²) in [6.07, 6.45) is 9.29. The number of hydrogen-bond acceptors (Lipinski definition) is 4. The fourth-order valence-electron chi connectivity index (χ4n) is 5.19. The van der Waals surface area contributed by atoms with Gasteiger partial charge in [-0.05, 0) is 12.1 Å². The molecule has 4 nitrogen and oxygen atoms in total. The first-order valence-electron chi connectivity index (χ1n) is 9.18. The molecule has 6 rings (SSSR count). The van der Waals surface area contributed by atoms with Crippen LogP contribution in [-0.2, 0) is 11.3 Å². The number of rotatable bonds is 2. The Bertz CT molecular complexity index is 823. The maximum atomic E-state index is 6.69. The average Bonchev–Trinajstić information content (AvgIpc) is 3.20. The topological polar surface area (TPSA) is 38.5 Å². The fraction of sp³-hybridized carbons (Fsp3) is 0.500. The lowest BCUT2D eigenvalue weighted by atomic mass is 9.72. The van der Waals surface area contributed by atoms with Crippen molar-refractivity contribution in [2.24, 2.45) is 11.7 Å². The minimum absolute atomic E-state index is 0.0587. The lowest BCUT2D eigenvalue weighted by Gasteiger charge is -2.53. The van der Waals surface area contributed by atoms with Gasteiger partial charge in [0.1, 0.15) is 12.2 Å². The SMILES string of the molecule is CN1CC=CC2=C1O[C@@]1(C2)C[N+]2(C)CCC1C=C2c1csc(CN)c1. The average molecular weight is 357 g/mol. The van der Waals surface area contributed by atoms with E-state index in [1.165, 1.54) is 34.7 Å². The first kappa shape index (κ1) is 15.7. The molecule has 0 amide bonds. The standard InChI is InChI=1S/C20H26N3OS/c1-22-6-3-4-14-10-20(24-19(14)22)13-23(2)7-5-16(20)9-18(23)15-8-17(11-21)25-12-15/h3-4,8-9,12,16H,5-7,10-11,13,21H2,1-2H3/q+1/t16?,20-,23?/m0/s1. The predicted octanol–water partition coefficient (Wildman–Crippen LogP) is 2.90. The molecular weight excluding hydrogens is 330 g/mol. The van der Waals surface area contributed by atoms with Gasteiger partial charge in [0.25, 0.3) is 0 Å². The summed E-state index contributed by atoms with van der Waals surface area (Å²) >= 11 is 1.78. The number of nitrogens with zero attached hydrogens (tertiary/aromatic N) is 2. The monoisotopic (exact) mass is 356 g/mol. The highest BCUT2D eigenvalue weighted by Gasteiger charge is 2.59. The Balaban J connectivity index is 1.51. The minimum Gasteiger partial charge on any atom is -0.465 e. The Kier molecular flexibility index (Phi) is 3.28. The Morgan fingerprint density at radius 2 is 2.36 bits per heavy atom. The Morgan fingerprint density at radius 3 is 3.08 bits per heavy atom. The largest absolute Gasteiger partial charge is 0.465 e. The van der Waals surface area contributed by atoms with E-state index in [0.29, 0.717) is 12.5 Å². The van der Waals surface area contributed by atoms with Gasteiger partial charge >= 0.3 is 0 Å². The summed E-state index contributed by atoms with van der Waals surface area (Å²) in [5.41, 5.74) is 9.98. The molecule has 2 N–H and O–H groups in total. The van der Waals surface area contributed by atoms with Crippen molar-refractivity contribution in [2.45, 2.75) is 25.0 Å². The number of thiophene rings is 1. The zero-order valence-corrected chi connectivity index (χ0v) is 15.8. The number of piperidine rings is 1. The summed E-state index contributed by atoms with van der Waals surface area (Å²) in [4.78, 5) is 3.51. The first-order chi connectivity index (χ1) is 12.0. The van der Waals surface area contributed by atoms with Crippen LogP contribution in [0.1, 0.15) is 23.3 Å². The number of nitrogens with two attached hydrogens (primary N) is 1. The molecule has 5 heteroatoms. The van der Waals surface area contributed by atoms with Crippen LogP contribution in [0.25, 0.3) is 5.70 Å². The first-order valence-corrected chi connectivity index (χ1v) is 10.1. The van der Waals surface area contributed by atoms with E-state index in [4.69, 9.17) is 10.5 Å². The Morgan fingerprint density at radius 1 is 1.48 bits per heavy atom. The van der Waals surface area contributed by atoms with E-state index in [1.54, 1.807) is 11.3 Å². The van der Waals surface area contributed by atoms with E-state index in [0.717, 1.165) is 29.9 Å². The number of quaternary nitrogens is 1. The highest BCUT2D eigenvalue weighted by Crippen LogP contribution is 2.53. The zero-order valence-electron chi connectivity index (χ0n) is 15.0. The van der Waals surface area contributed by atoms with Crippen molar-refractivity contribution < 1.29 is 9.22 Å². The van der Waals surface area contributed by atoms with E-state index in [1.807, 2.05) is 0 Å². The summed E-state index contributed by atoms with van der Waals surface area (Å²) < 4.78 is 7.67. The molecule has 2 bridgehead atoms. The molecule has 1 aromatic heterocycles. The van der Waals surface area contributed by atoms with Crippen LogP contribution in [-0.4, -0.2) is 48.7 Å². The van der Waals surface area contributed by atoms with Gasteiger partial charge in [-0.1, -0.05) is 12.2 Å². The molecule has 1 saturated heterocycles. The van der Waals surface area contributed by atoms with Crippen molar-refractivity contribution in [2.75, 3.05) is 33.7 Å². The van der Waals surface area contributed by atoms with Crippen LogP contribution in [0, 0.1) is 5.92 Å². The van der Waals surface area contributed by atoms with Crippen molar-refractivity contribution >= 4 is 17.0 Å². The van der Waals surface area contributed by atoms with Gasteiger partial charge in [0.15, 0.2) is 11.5 Å². The quantitative estimate of drug-likeness (QED) is 0.828. The predicted molar refractivity (Wildman–Crippen MR) is 101 cm³/mol. The van der Waals surface area contributed by atoms with Crippen molar-refractivity contribution in [1.29, 1.82) is 0 Å². The molecule has 2 unspecified atom stereocenters. The summed E-state index contributed by atoms with van der Waals surface area (Å²) in [5.74, 6) is 1.61. The summed E-state index contributed by atoms with van der Waals surface area (Å²) in [5, 5.41) is 2.28. The molecule has 25 heavy (non-hydrogen) atoms. The van der Waals surface area contributed by atoms with Crippen molar-refractivity contribution in [3.8, 4) is 0 Å². The maximum Gasteiger partial charge on any atom is 0.193 e. The number of likely N-dealkylation sites (N-methyl/N-ethyl adjacent to an activating group) is 2. The molecule has 6 heterocycles. The summed E-state index contributed by atoms with van der Waals surface area (Å²) in [6, 6.07) is 2.28. The molecule has 3 atom stereocenters. The van der Waals surface area contributed by atoms with E-state index >= 15 is 0 Å². The van der Waals surface area contributed by atoms with Crippen LogP contribution in [0.4, 0.5) is 0 Å². The molecule has 132 valence electrons. The van der Waals surface area contributed by atoms with Crippen LogP contribution in [0.3, 0.4) is 0 Å². The maximum absolute atomic E-state index is 6.69. The van der Waals surface area contributed by atoms with Crippen LogP contribution in [0.5, 0.6) is 0 Å². The van der Waals surface area contributed by atoms with Crippen LogP contribution in [0.2, 0.25) is 0 Å². The van der Waals surface area contributed by atoms with Gasteiger partial charge in [-0.2, -0.15) is 0 Å². The normalized spacial score (nSPS) is 36.0. The second kappa shape index (κ2) is 5.22. The summed E-state index contributed by atoms with van der Waals surface area (Å²) in [7, 11) is 4.51. The van der Waals surface area contributed by atoms with Crippen molar-refractivity contribution in [3.63, 3.8) is 0 Å². The van der Waals surface area contributed by atoms with Crippen LogP contribution in [0.15, 0.2) is 41.1 Å². The van der Waals surface area contributed by atoms with E-state index in [-0.39, 0.29) is 5.60 Å². The highest BCUT2D eigenvalue weighted by atomic mass is 32.1. The number of fused-ring (bicyclic) bond motifs is 1. The molecule has 1 aromatic rings. The van der Waals surface area contributed by atoms with Gasteiger partial charge in [0, 0.05) is 60.3 Å². The molecular formula is C20H26N3OS+. The van der Waals surface area contributed by atoms with Crippen LogP contribution >= 0.6 is 11.3 Å². The molecule has 5 aliphatic rings. The highest BCUT2D eigenvalue weighted by molar-refractivity contribution is 7.10. The van der Waals surface area contributed by atoms with Gasteiger partial charge in [-0.3, -0.25) is 4.48 Å². The zero-order chi connectivity index (χ0) is 17.2. The Hall–Kier alpha value is -1.56. The fourth-order valence-corrected chi connectivity index (χ4v) is 5.95. The lowest BCUT2D eigenvalue weighted by Crippen LogP contribution is -2.64. The molecule has 1 fully saturated rings. The number of hydrogen-bond donors (Lipinski definition) is 1. The minimum atomic E-state index is -0.0587. The van der Waals surface area contributed by atoms with E-state index < -0.39 is 0 Å². The second-order valence-electron chi connectivity index (χ2n) is 8.19. The number of ether oxygens (including phenoxy) is 1. The molecule has 5 aliphatic heterocycles. The second-order valence-corrected chi connectivity index (χ2v) is 9.18. The van der Waals surface area contributed by atoms with Crippen molar-refractivity contribution in [3.05, 3.63) is 51.6 Å². The lowest BCUT2D eigenvalue weighted by molar-refractivity contribution is -0.858. The molecule has 0 aromatic carbocycles. The van der Waals surface area contributed by atoms with Gasteiger partial charge in [-0.25, -0.2) is 0 Å².